The van der Waals surface area contributed by atoms with Crippen LogP contribution in [0.4, 0.5) is 0 Å². The van der Waals surface area contributed by atoms with Crippen molar-refractivity contribution < 1.29 is 14.3 Å². The molecule has 1 amide bonds. The standard InChI is InChI=1S/C19H24N2O3/c1-14(16-4-2-3-15(11-16)12-22)20-18-5-8-21(9-6-18)19(23)17-7-10-24-13-17/h2-4,7,10-11,13-14,18,20,22H,5-6,8-9,12H2,1H3. The molecule has 0 spiro atoms. The molecule has 2 N–H and O–H groups in total. The Balaban J connectivity index is 1.52. The van der Waals surface area contributed by atoms with Gasteiger partial charge in [-0.2, -0.15) is 0 Å². The molecule has 3 rings (SSSR count). The van der Waals surface area contributed by atoms with E-state index in [-0.39, 0.29) is 18.6 Å². The summed E-state index contributed by atoms with van der Waals surface area (Å²) in [5.74, 6) is 0.0471. The van der Waals surface area contributed by atoms with Crippen molar-refractivity contribution in [3.8, 4) is 0 Å². The summed E-state index contributed by atoms with van der Waals surface area (Å²) in [4.78, 5) is 14.2. The Kier molecular flexibility index (Phi) is 5.33. The highest BCUT2D eigenvalue weighted by molar-refractivity contribution is 5.93. The van der Waals surface area contributed by atoms with Crippen LogP contribution in [-0.4, -0.2) is 35.0 Å². The van der Waals surface area contributed by atoms with Crippen LogP contribution in [0, 0.1) is 0 Å². The maximum atomic E-state index is 12.3. The van der Waals surface area contributed by atoms with Gasteiger partial charge in [-0.25, -0.2) is 0 Å². The summed E-state index contributed by atoms with van der Waals surface area (Å²) in [6.07, 6.45) is 4.91. The fourth-order valence-corrected chi connectivity index (χ4v) is 3.23. The number of furan rings is 1. The Hall–Kier alpha value is -2.11. The third-order valence-corrected chi connectivity index (χ3v) is 4.67. The number of carbonyl (C=O) groups is 1. The van der Waals surface area contributed by atoms with E-state index in [9.17, 15) is 9.90 Å². The molecular weight excluding hydrogens is 304 g/mol. The van der Waals surface area contributed by atoms with Crippen molar-refractivity contribution in [2.24, 2.45) is 0 Å². The van der Waals surface area contributed by atoms with E-state index in [2.05, 4.69) is 18.3 Å². The molecule has 5 nitrogen and oxygen atoms in total. The molecule has 0 bridgehead atoms. The minimum absolute atomic E-state index is 0.0471. The van der Waals surface area contributed by atoms with Crippen LogP contribution >= 0.6 is 0 Å². The van der Waals surface area contributed by atoms with Crippen molar-refractivity contribution in [1.29, 1.82) is 0 Å². The average Bonchev–Trinajstić information content (AvgIpc) is 3.16. The Labute approximate surface area is 142 Å². The first kappa shape index (κ1) is 16.7. The van der Waals surface area contributed by atoms with Crippen LogP contribution in [0.2, 0.25) is 0 Å². The van der Waals surface area contributed by atoms with Gasteiger partial charge in [0.05, 0.1) is 18.4 Å². The van der Waals surface area contributed by atoms with E-state index in [1.165, 1.54) is 18.1 Å². The van der Waals surface area contributed by atoms with Gasteiger partial charge in [0.2, 0.25) is 0 Å². The van der Waals surface area contributed by atoms with Crippen molar-refractivity contribution >= 4 is 5.91 Å². The quantitative estimate of drug-likeness (QED) is 0.886. The summed E-state index contributed by atoms with van der Waals surface area (Å²) in [6, 6.07) is 10.3. The van der Waals surface area contributed by atoms with Gasteiger partial charge in [-0.1, -0.05) is 24.3 Å². The predicted molar refractivity (Wildman–Crippen MR) is 91.5 cm³/mol. The number of aliphatic hydroxyl groups is 1. The lowest BCUT2D eigenvalue weighted by Gasteiger charge is -2.34. The lowest BCUT2D eigenvalue weighted by molar-refractivity contribution is 0.0701. The molecule has 1 fully saturated rings. The van der Waals surface area contributed by atoms with Crippen LogP contribution < -0.4 is 5.32 Å². The minimum Gasteiger partial charge on any atom is -0.472 e. The topological polar surface area (TPSA) is 65.7 Å². The molecule has 1 atom stereocenters. The van der Waals surface area contributed by atoms with Gasteiger partial charge >= 0.3 is 0 Å². The second kappa shape index (κ2) is 7.64. The first-order valence-electron chi connectivity index (χ1n) is 8.44. The Morgan fingerprint density at radius 2 is 2.17 bits per heavy atom. The highest BCUT2D eigenvalue weighted by Crippen LogP contribution is 2.19. The molecule has 1 aromatic carbocycles. The van der Waals surface area contributed by atoms with Crippen LogP contribution in [0.25, 0.3) is 0 Å². The highest BCUT2D eigenvalue weighted by Gasteiger charge is 2.25. The summed E-state index contributed by atoms with van der Waals surface area (Å²) in [7, 11) is 0. The fraction of sp³-hybridized carbons (Fsp3) is 0.421. The zero-order valence-electron chi connectivity index (χ0n) is 13.9. The Morgan fingerprint density at radius 3 is 2.83 bits per heavy atom. The van der Waals surface area contributed by atoms with Gasteiger partial charge in [-0.3, -0.25) is 4.79 Å². The largest absolute Gasteiger partial charge is 0.472 e. The van der Waals surface area contributed by atoms with Crippen molar-refractivity contribution in [2.45, 2.75) is 38.5 Å². The number of likely N-dealkylation sites (tertiary alicyclic amines) is 1. The number of hydrogen-bond acceptors (Lipinski definition) is 4. The number of aliphatic hydroxyl groups excluding tert-OH is 1. The zero-order chi connectivity index (χ0) is 16.9. The third-order valence-electron chi connectivity index (χ3n) is 4.67. The van der Waals surface area contributed by atoms with Gasteiger partial charge in [0.25, 0.3) is 5.91 Å². The lowest BCUT2D eigenvalue weighted by atomic mass is 10.00. The van der Waals surface area contributed by atoms with Crippen molar-refractivity contribution in [3.63, 3.8) is 0 Å². The molecule has 1 unspecified atom stereocenters. The predicted octanol–water partition coefficient (Wildman–Crippen LogP) is 2.73. The molecule has 1 aromatic heterocycles. The van der Waals surface area contributed by atoms with Crippen LogP contribution in [0.3, 0.4) is 0 Å². The monoisotopic (exact) mass is 328 g/mol. The molecular formula is C19H24N2O3. The van der Waals surface area contributed by atoms with Crippen molar-refractivity contribution in [1.82, 2.24) is 10.2 Å². The summed E-state index contributed by atoms with van der Waals surface area (Å²) in [5.41, 5.74) is 2.73. The molecule has 1 aliphatic rings. The van der Waals surface area contributed by atoms with Gasteiger partial charge in [-0.05, 0) is 37.0 Å². The number of benzene rings is 1. The van der Waals surface area contributed by atoms with Crippen LogP contribution in [-0.2, 0) is 6.61 Å². The second-order valence-corrected chi connectivity index (χ2v) is 6.37. The SMILES string of the molecule is CC(NC1CCN(C(=O)c2ccoc2)CC1)c1cccc(CO)c1. The normalized spacial score (nSPS) is 17.0. The zero-order valence-corrected chi connectivity index (χ0v) is 13.9. The molecule has 1 aliphatic heterocycles. The Bertz CT molecular complexity index is 661. The lowest BCUT2D eigenvalue weighted by Crippen LogP contribution is -2.45. The Morgan fingerprint density at radius 1 is 1.38 bits per heavy atom. The van der Waals surface area contributed by atoms with Gasteiger partial charge in [0.1, 0.15) is 6.26 Å². The smallest absolute Gasteiger partial charge is 0.257 e. The summed E-state index contributed by atoms with van der Waals surface area (Å²) < 4.78 is 4.99. The molecule has 0 saturated carbocycles. The maximum absolute atomic E-state index is 12.3. The summed E-state index contributed by atoms with van der Waals surface area (Å²) >= 11 is 0. The number of nitrogens with one attached hydrogen (secondary N) is 1. The fourth-order valence-electron chi connectivity index (χ4n) is 3.23. The van der Waals surface area contributed by atoms with E-state index in [1.807, 2.05) is 23.1 Å². The third kappa shape index (κ3) is 3.86. The summed E-state index contributed by atoms with van der Waals surface area (Å²) in [6.45, 7) is 3.71. The number of carbonyl (C=O) groups excluding carboxylic acids is 1. The van der Waals surface area contributed by atoms with Crippen LogP contribution in [0.1, 0.15) is 47.3 Å². The number of amides is 1. The molecule has 128 valence electrons. The van der Waals surface area contributed by atoms with Crippen molar-refractivity contribution in [3.05, 3.63) is 59.5 Å². The molecule has 2 heterocycles. The van der Waals surface area contributed by atoms with Gasteiger partial charge in [0, 0.05) is 25.2 Å². The molecule has 0 radical (unpaired) electrons. The number of nitrogens with zero attached hydrogens (tertiary/aromatic N) is 1. The van der Waals surface area contributed by atoms with E-state index in [0.717, 1.165) is 31.5 Å². The highest BCUT2D eigenvalue weighted by atomic mass is 16.3. The first-order valence-corrected chi connectivity index (χ1v) is 8.44. The number of piperidine rings is 1. The van der Waals surface area contributed by atoms with Gasteiger partial charge in [-0.15, -0.1) is 0 Å². The van der Waals surface area contributed by atoms with Gasteiger partial charge < -0.3 is 19.7 Å². The molecule has 24 heavy (non-hydrogen) atoms. The van der Waals surface area contributed by atoms with E-state index in [0.29, 0.717) is 11.6 Å². The summed E-state index contributed by atoms with van der Waals surface area (Å²) in [5, 5.41) is 12.9. The molecule has 2 aromatic rings. The van der Waals surface area contributed by atoms with Crippen LogP contribution in [0.15, 0.2) is 47.3 Å². The minimum atomic E-state index is 0.0471. The number of hydrogen-bond donors (Lipinski definition) is 2. The van der Waals surface area contributed by atoms with Crippen molar-refractivity contribution in [2.75, 3.05) is 13.1 Å². The average molecular weight is 328 g/mol. The molecule has 5 heteroatoms. The van der Waals surface area contributed by atoms with E-state index < -0.39 is 0 Å². The molecule has 0 aliphatic carbocycles. The molecule has 1 saturated heterocycles. The van der Waals surface area contributed by atoms with E-state index in [4.69, 9.17) is 4.42 Å². The number of rotatable bonds is 5. The van der Waals surface area contributed by atoms with E-state index in [1.54, 1.807) is 6.07 Å². The van der Waals surface area contributed by atoms with Crippen LogP contribution in [0.5, 0.6) is 0 Å². The first-order chi connectivity index (χ1) is 11.7. The van der Waals surface area contributed by atoms with E-state index >= 15 is 0 Å². The maximum Gasteiger partial charge on any atom is 0.257 e. The van der Waals surface area contributed by atoms with Gasteiger partial charge in [0.15, 0.2) is 0 Å². The second-order valence-electron chi connectivity index (χ2n) is 6.37.